The molecule has 2 unspecified atom stereocenters. The smallest absolute Gasteiger partial charge is 0.237 e. The quantitative estimate of drug-likeness (QED) is 0.668. The molecule has 0 aliphatic carbocycles. The van der Waals surface area contributed by atoms with Gasteiger partial charge in [0.1, 0.15) is 0 Å². The molecule has 2 amide bonds. The Hall–Kier alpha value is -1.10. The first-order valence-corrected chi connectivity index (χ1v) is 7.29. The third-order valence-corrected chi connectivity index (χ3v) is 3.29. The summed E-state index contributed by atoms with van der Waals surface area (Å²) in [7, 11) is 0. The lowest BCUT2D eigenvalue weighted by atomic mass is 9.99. The maximum Gasteiger partial charge on any atom is 0.237 e. The fraction of sp³-hybridized carbons (Fsp3) is 0.857. The minimum atomic E-state index is -0.0949. The van der Waals surface area contributed by atoms with E-state index in [9.17, 15) is 9.59 Å². The van der Waals surface area contributed by atoms with Gasteiger partial charge in [0, 0.05) is 25.6 Å². The number of rotatable bonds is 6. The number of hydrogen-bond donors (Lipinski definition) is 3. The third-order valence-electron chi connectivity index (χ3n) is 3.29. The van der Waals surface area contributed by atoms with Crippen molar-refractivity contribution in [3.63, 3.8) is 0 Å². The van der Waals surface area contributed by atoms with Crippen LogP contribution in [0.4, 0.5) is 0 Å². The number of carbonyl (C=O) groups excluding carboxylic acids is 2. The number of amides is 2. The summed E-state index contributed by atoms with van der Waals surface area (Å²) in [6.45, 7) is 7.30. The van der Waals surface area contributed by atoms with Gasteiger partial charge in [-0.15, -0.1) is 0 Å². The standard InChI is InChI=1S/C14H27N3O2/c1-10(2)9-16-13(18)7-8-15-14(19)12-6-4-5-11(3)17-12/h10-12,17H,4-9H2,1-3H3,(H,15,19)(H,16,18). The Balaban J connectivity index is 2.14. The summed E-state index contributed by atoms with van der Waals surface area (Å²) in [5.41, 5.74) is 0. The maximum atomic E-state index is 11.9. The Labute approximate surface area is 115 Å². The van der Waals surface area contributed by atoms with Crippen molar-refractivity contribution in [3.05, 3.63) is 0 Å². The van der Waals surface area contributed by atoms with E-state index in [1.807, 2.05) is 0 Å². The fourth-order valence-electron chi connectivity index (χ4n) is 2.17. The summed E-state index contributed by atoms with van der Waals surface area (Å²) < 4.78 is 0. The summed E-state index contributed by atoms with van der Waals surface area (Å²) in [6, 6.07) is 0.307. The highest BCUT2D eigenvalue weighted by atomic mass is 16.2. The number of carbonyl (C=O) groups is 2. The fourth-order valence-corrected chi connectivity index (χ4v) is 2.17. The second-order valence-electron chi connectivity index (χ2n) is 5.79. The zero-order valence-corrected chi connectivity index (χ0v) is 12.3. The van der Waals surface area contributed by atoms with Crippen molar-refractivity contribution in [2.45, 2.75) is 58.5 Å². The van der Waals surface area contributed by atoms with Crippen LogP contribution in [0.2, 0.25) is 0 Å². The van der Waals surface area contributed by atoms with Crippen LogP contribution >= 0.6 is 0 Å². The average molecular weight is 269 g/mol. The molecule has 3 N–H and O–H groups in total. The maximum absolute atomic E-state index is 11.9. The third kappa shape index (κ3) is 6.57. The minimum absolute atomic E-state index is 0.000952. The Morgan fingerprint density at radius 2 is 2.00 bits per heavy atom. The van der Waals surface area contributed by atoms with E-state index in [0.717, 1.165) is 19.3 Å². The largest absolute Gasteiger partial charge is 0.356 e. The first kappa shape index (κ1) is 16.0. The van der Waals surface area contributed by atoms with E-state index < -0.39 is 0 Å². The number of hydrogen-bond acceptors (Lipinski definition) is 3. The Morgan fingerprint density at radius 1 is 1.26 bits per heavy atom. The van der Waals surface area contributed by atoms with Gasteiger partial charge in [0.05, 0.1) is 6.04 Å². The van der Waals surface area contributed by atoms with Gasteiger partial charge in [-0.25, -0.2) is 0 Å². The van der Waals surface area contributed by atoms with Crippen LogP contribution in [-0.4, -0.2) is 37.0 Å². The van der Waals surface area contributed by atoms with Gasteiger partial charge in [0.2, 0.25) is 11.8 Å². The van der Waals surface area contributed by atoms with Crippen molar-refractivity contribution in [1.82, 2.24) is 16.0 Å². The molecular formula is C14H27N3O2. The highest BCUT2D eigenvalue weighted by molar-refractivity contribution is 5.82. The van der Waals surface area contributed by atoms with Crippen LogP contribution in [0.25, 0.3) is 0 Å². The molecule has 0 saturated carbocycles. The molecule has 0 aromatic carbocycles. The molecule has 1 rings (SSSR count). The van der Waals surface area contributed by atoms with E-state index in [1.54, 1.807) is 0 Å². The van der Waals surface area contributed by atoms with Crippen LogP contribution in [0.3, 0.4) is 0 Å². The summed E-state index contributed by atoms with van der Waals surface area (Å²) >= 11 is 0. The van der Waals surface area contributed by atoms with E-state index in [4.69, 9.17) is 0 Å². The monoisotopic (exact) mass is 269 g/mol. The van der Waals surface area contributed by atoms with E-state index >= 15 is 0 Å². The molecular weight excluding hydrogens is 242 g/mol. The molecule has 0 bridgehead atoms. The first-order chi connectivity index (χ1) is 8.99. The average Bonchev–Trinajstić information content (AvgIpc) is 2.36. The lowest BCUT2D eigenvalue weighted by Crippen LogP contribution is -2.50. The van der Waals surface area contributed by atoms with Crippen molar-refractivity contribution in [2.24, 2.45) is 5.92 Å². The zero-order valence-electron chi connectivity index (χ0n) is 12.3. The lowest BCUT2D eigenvalue weighted by Gasteiger charge is -2.27. The molecule has 1 saturated heterocycles. The van der Waals surface area contributed by atoms with Gasteiger partial charge in [-0.3, -0.25) is 9.59 Å². The molecule has 1 aliphatic rings. The summed E-state index contributed by atoms with van der Waals surface area (Å²) in [6.07, 6.45) is 3.44. The topological polar surface area (TPSA) is 70.2 Å². The molecule has 5 heteroatoms. The molecule has 0 radical (unpaired) electrons. The van der Waals surface area contributed by atoms with Crippen molar-refractivity contribution in [2.75, 3.05) is 13.1 Å². The molecule has 110 valence electrons. The van der Waals surface area contributed by atoms with E-state index in [1.165, 1.54) is 0 Å². The molecule has 19 heavy (non-hydrogen) atoms. The van der Waals surface area contributed by atoms with Gasteiger partial charge in [-0.2, -0.15) is 0 Å². The Morgan fingerprint density at radius 3 is 2.63 bits per heavy atom. The predicted octanol–water partition coefficient (Wildman–Crippen LogP) is 0.796. The van der Waals surface area contributed by atoms with Crippen LogP contribution in [0.15, 0.2) is 0 Å². The molecule has 2 atom stereocenters. The Bertz CT molecular complexity index is 305. The van der Waals surface area contributed by atoms with Gasteiger partial charge in [-0.05, 0) is 32.1 Å². The van der Waals surface area contributed by atoms with Gasteiger partial charge in [-0.1, -0.05) is 13.8 Å². The van der Waals surface area contributed by atoms with Crippen molar-refractivity contribution >= 4 is 11.8 Å². The second-order valence-corrected chi connectivity index (χ2v) is 5.79. The lowest BCUT2D eigenvalue weighted by molar-refractivity contribution is -0.124. The first-order valence-electron chi connectivity index (χ1n) is 7.29. The minimum Gasteiger partial charge on any atom is -0.356 e. The summed E-state index contributed by atoms with van der Waals surface area (Å²) in [4.78, 5) is 23.4. The van der Waals surface area contributed by atoms with E-state index in [-0.39, 0.29) is 17.9 Å². The molecule has 0 spiro atoms. The highest BCUT2D eigenvalue weighted by Crippen LogP contribution is 2.12. The normalized spacial score (nSPS) is 23.2. The summed E-state index contributed by atoms with van der Waals surface area (Å²) in [5.74, 6) is 0.466. The second kappa shape index (κ2) is 8.15. The molecule has 0 aromatic rings. The molecule has 1 aliphatic heterocycles. The van der Waals surface area contributed by atoms with Crippen LogP contribution in [0.1, 0.15) is 46.5 Å². The van der Waals surface area contributed by atoms with Gasteiger partial charge in [0.15, 0.2) is 0 Å². The van der Waals surface area contributed by atoms with Crippen LogP contribution in [0.5, 0.6) is 0 Å². The van der Waals surface area contributed by atoms with Gasteiger partial charge >= 0.3 is 0 Å². The number of piperidine rings is 1. The van der Waals surface area contributed by atoms with Gasteiger partial charge in [0.25, 0.3) is 0 Å². The SMILES string of the molecule is CC(C)CNC(=O)CCNC(=O)C1CCCC(C)N1. The summed E-state index contributed by atoms with van der Waals surface area (Å²) in [5, 5.41) is 8.95. The van der Waals surface area contributed by atoms with Gasteiger partial charge < -0.3 is 16.0 Å². The van der Waals surface area contributed by atoms with Crippen LogP contribution < -0.4 is 16.0 Å². The predicted molar refractivity (Wildman–Crippen MR) is 75.7 cm³/mol. The highest BCUT2D eigenvalue weighted by Gasteiger charge is 2.23. The zero-order chi connectivity index (χ0) is 14.3. The molecule has 0 aromatic heterocycles. The Kier molecular flexibility index (Phi) is 6.84. The van der Waals surface area contributed by atoms with Crippen molar-refractivity contribution in [1.29, 1.82) is 0 Å². The van der Waals surface area contributed by atoms with Crippen LogP contribution in [0, 0.1) is 5.92 Å². The number of nitrogens with one attached hydrogen (secondary N) is 3. The molecule has 5 nitrogen and oxygen atoms in total. The molecule has 1 heterocycles. The van der Waals surface area contributed by atoms with Crippen molar-refractivity contribution in [3.8, 4) is 0 Å². The van der Waals surface area contributed by atoms with E-state index in [0.29, 0.717) is 31.5 Å². The van der Waals surface area contributed by atoms with Crippen molar-refractivity contribution < 1.29 is 9.59 Å². The van der Waals surface area contributed by atoms with Crippen LogP contribution in [-0.2, 0) is 9.59 Å². The molecule has 1 fully saturated rings. The van der Waals surface area contributed by atoms with E-state index in [2.05, 4.69) is 36.7 Å².